The van der Waals surface area contributed by atoms with Crippen LogP contribution in [0.25, 0.3) is 0 Å². The molecule has 1 nitrogen and oxygen atoms in total. The maximum absolute atomic E-state index is 3.48. The summed E-state index contributed by atoms with van der Waals surface area (Å²) < 4.78 is 0. The van der Waals surface area contributed by atoms with Crippen LogP contribution in [0, 0.1) is 5.92 Å². The molecule has 20 heavy (non-hydrogen) atoms. The summed E-state index contributed by atoms with van der Waals surface area (Å²) in [6.45, 7) is 19.8. The summed E-state index contributed by atoms with van der Waals surface area (Å²) in [5.41, 5.74) is 4.61. The number of allylic oxidation sites excluding steroid dienone is 4. The fourth-order valence-corrected chi connectivity index (χ4v) is 3.38. The van der Waals surface area contributed by atoms with Gasteiger partial charge in [0, 0.05) is 11.5 Å². The van der Waals surface area contributed by atoms with Crippen molar-refractivity contribution in [3.63, 3.8) is 0 Å². The van der Waals surface area contributed by atoms with Crippen molar-refractivity contribution in [1.82, 2.24) is 4.98 Å². The van der Waals surface area contributed by atoms with Gasteiger partial charge in [0.1, 0.15) is 8.96 Å². The van der Waals surface area contributed by atoms with Gasteiger partial charge in [-0.1, -0.05) is 42.8 Å². The largest absolute Gasteiger partial charge is 2.00 e. The van der Waals surface area contributed by atoms with Gasteiger partial charge in [-0.15, -0.1) is 0 Å². The van der Waals surface area contributed by atoms with Crippen molar-refractivity contribution >= 4 is 8.96 Å². The molecular weight excluding hydrogens is 341 g/mol. The van der Waals surface area contributed by atoms with Gasteiger partial charge in [0.05, 0.1) is 0 Å². The van der Waals surface area contributed by atoms with Gasteiger partial charge in [-0.3, -0.25) is 0 Å². The molecule has 1 rings (SSSR count). The van der Waals surface area contributed by atoms with Crippen molar-refractivity contribution in [3.05, 3.63) is 28.7 Å². The minimum Gasteiger partial charge on any atom is -1.00 e. The van der Waals surface area contributed by atoms with Gasteiger partial charge in [0.15, 0.2) is 0 Å². The molecule has 0 saturated heterocycles. The molecular formula is C15H29Cl2NSiTi. The Labute approximate surface area is 155 Å². The first-order valence-corrected chi connectivity index (χ1v) is 8.83. The van der Waals surface area contributed by atoms with Crippen molar-refractivity contribution in [3.8, 4) is 0 Å². The van der Waals surface area contributed by atoms with E-state index in [1.165, 1.54) is 22.6 Å². The SMILES string of the molecule is C[C]1C(C)=CC(C)=C1C.C[Si](C)NC(C)(C)C.[Cl-].[Cl-].[Ti+2]. The van der Waals surface area contributed by atoms with Crippen LogP contribution in [-0.4, -0.2) is 14.5 Å². The molecule has 0 aromatic carbocycles. The molecule has 0 unspecified atom stereocenters. The number of nitrogens with one attached hydrogen (secondary N) is 1. The zero-order chi connectivity index (χ0) is 13.8. The molecule has 0 aliphatic heterocycles. The zero-order valence-corrected chi connectivity index (χ0v) is 18.4. The first-order valence-electron chi connectivity index (χ1n) is 6.33. The molecule has 1 aliphatic carbocycles. The van der Waals surface area contributed by atoms with Gasteiger partial charge in [-0.2, -0.15) is 0 Å². The standard InChI is InChI=1S/C9H13.C6H16NSi.2ClH.Ti/c1-6-5-7(2)9(4)8(6)3;1-6(2,3)7-8(4)5;;;/h5H,1-4H3;7H,1-5H3;2*1H;/q;;;;+2/p-2. The number of hydrogen-bond acceptors (Lipinski definition) is 1. The summed E-state index contributed by atoms with van der Waals surface area (Å²) in [5, 5.41) is 0. The average Bonchev–Trinajstić information content (AvgIpc) is 2.30. The maximum atomic E-state index is 3.48. The fraction of sp³-hybridized carbons (Fsp3) is 0.667. The summed E-state index contributed by atoms with van der Waals surface area (Å²) >= 11 is 0. The summed E-state index contributed by atoms with van der Waals surface area (Å²) in [5.74, 6) is 1.45. The smallest absolute Gasteiger partial charge is 1.00 e. The van der Waals surface area contributed by atoms with Crippen LogP contribution in [0.4, 0.5) is 0 Å². The predicted molar refractivity (Wildman–Crippen MR) is 81.4 cm³/mol. The van der Waals surface area contributed by atoms with Gasteiger partial charge in [0.25, 0.3) is 0 Å². The Morgan fingerprint density at radius 1 is 0.950 bits per heavy atom. The minimum atomic E-state index is -0.242. The van der Waals surface area contributed by atoms with E-state index in [4.69, 9.17) is 0 Å². The number of hydrogen-bond donors (Lipinski definition) is 1. The van der Waals surface area contributed by atoms with Gasteiger partial charge in [0.2, 0.25) is 0 Å². The topological polar surface area (TPSA) is 12.0 Å². The molecule has 116 valence electrons. The molecule has 2 radical (unpaired) electrons. The Morgan fingerprint density at radius 3 is 1.40 bits per heavy atom. The van der Waals surface area contributed by atoms with E-state index in [0.29, 0.717) is 5.54 Å². The number of rotatable bonds is 1. The van der Waals surface area contributed by atoms with Crippen LogP contribution in [0.3, 0.4) is 0 Å². The van der Waals surface area contributed by atoms with Crippen LogP contribution in [0.1, 0.15) is 48.5 Å². The molecule has 0 bridgehead atoms. The van der Waals surface area contributed by atoms with Crippen molar-refractivity contribution in [2.75, 3.05) is 0 Å². The monoisotopic (exact) mass is 369 g/mol. The van der Waals surface area contributed by atoms with E-state index in [1.807, 2.05) is 0 Å². The van der Waals surface area contributed by atoms with Gasteiger partial charge < -0.3 is 29.8 Å². The quantitative estimate of drug-likeness (QED) is 0.555. The predicted octanol–water partition coefficient (Wildman–Crippen LogP) is -1.49. The van der Waals surface area contributed by atoms with E-state index in [1.54, 1.807) is 0 Å². The summed E-state index contributed by atoms with van der Waals surface area (Å²) in [6.07, 6.45) is 2.24. The molecule has 0 aromatic rings. The Hall–Kier alpha value is 0.951. The van der Waals surface area contributed by atoms with Crippen molar-refractivity contribution < 1.29 is 46.5 Å². The molecule has 0 atom stereocenters. The molecule has 0 heterocycles. The summed E-state index contributed by atoms with van der Waals surface area (Å²) in [4.78, 5) is 3.48. The van der Waals surface area contributed by atoms with Crippen LogP contribution in [0.15, 0.2) is 22.8 Å². The Bertz CT molecular complexity index is 320. The molecule has 0 amide bonds. The van der Waals surface area contributed by atoms with Crippen LogP contribution in [-0.2, 0) is 21.7 Å². The Kier molecular flexibility index (Phi) is 18.1. The molecule has 5 heteroatoms. The molecule has 0 spiro atoms. The molecule has 0 aromatic heterocycles. The third-order valence-corrected chi connectivity index (χ3v) is 4.05. The molecule has 1 aliphatic rings. The molecule has 1 N–H and O–H groups in total. The molecule has 0 saturated carbocycles. The average molecular weight is 370 g/mol. The normalized spacial score (nSPS) is 14.6. The second-order valence-electron chi connectivity index (χ2n) is 6.14. The minimum absolute atomic E-state index is 0. The van der Waals surface area contributed by atoms with Crippen LogP contribution < -0.4 is 29.8 Å². The van der Waals surface area contributed by atoms with Crippen LogP contribution >= 0.6 is 0 Å². The van der Waals surface area contributed by atoms with E-state index >= 15 is 0 Å². The summed E-state index contributed by atoms with van der Waals surface area (Å²) in [7, 11) is -0.242. The Balaban J connectivity index is -0.000000112. The van der Waals surface area contributed by atoms with Gasteiger partial charge in [-0.25, -0.2) is 0 Å². The van der Waals surface area contributed by atoms with E-state index in [2.05, 4.69) is 72.6 Å². The second kappa shape index (κ2) is 12.5. The van der Waals surface area contributed by atoms with E-state index in [9.17, 15) is 0 Å². The van der Waals surface area contributed by atoms with E-state index < -0.39 is 0 Å². The van der Waals surface area contributed by atoms with Crippen LogP contribution in [0.5, 0.6) is 0 Å². The first-order chi connectivity index (χ1) is 7.54. The summed E-state index contributed by atoms with van der Waals surface area (Å²) in [6, 6.07) is 0. The number of halogens is 2. The first kappa shape index (κ1) is 29.0. The van der Waals surface area contributed by atoms with E-state index in [-0.39, 0.29) is 55.5 Å². The van der Waals surface area contributed by atoms with Crippen molar-refractivity contribution in [1.29, 1.82) is 0 Å². The third-order valence-electron chi connectivity index (χ3n) is 2.80. The zero-order valence-electron chi connectivity index (χ0n) is 14.3. The third kappa shape index (κ3) is 12.7. The molecule has 0 fully saturated rings. The van der Waals surface area contributed by atoms with Gasteiger partial charge in [-0.05, 0) is 41.5 Å². The van der Waals surface area contributed by atoms with Crippen molar-refractivity contribution in [2.45, 2.75) is 67.1 Å². The fourth-order valence-electron chi connectivity index (χ4n) is 1.88. The maximum Gasteiger partial charge on any atom is 2.00 e. The van der Waals surface area contributed by atoms with Crippen LogP contribution in [0.2, 0.25) is 13.1 Å². The van der Waals surface area contributed by atoms with Crippen molar-refractivity contribution in [2.24, 2.45) is 0 Å². The second-order valence-corrected chi connectivity index (χ2v) is 8.39. The van der Waals surface area contributed by atoms with Gasteiger partial charge >= 0.3 is 21.7 Å². The Morgan fingerprint density at radius 2 is 1.35 bits per heavy atom. The van der Waals surface area contributed by atoms with E-state index in [0.717, 1.165) is 0 Å².